The van der Waals surface area contributed by atoms with Crippen LogP contribution in [0.25, 0.3) is 6.20 Å². The summed E-state index contributed by atoms with van der Waals surface area (Å²) in [6, 6.07) is 0. The van der Waals surface area contributed by atoms with Crippen molar-refractivity contribution in [2.24, 2.45) is 0 Å². The zero-order valence-corrected chi connectivity index (χ0v) is 6.41. The Kier molecular flexibility index (Phi) is 1.32. The fourth-order valence-electron chi connectivity index (χ4n) is 0.785. The Morgan fingerprint density at radius 3 is 3.44 bits per heavy atom. The van der Waals surface area contributed by atoms with Gasteiger partial charge >= 0.3 is 0 Å². The van der Waals surface area contributed by atoms with Gasteiger partial charge in [-0.3, -0.25) is 0 Å². The van der Waals surface area contributed by atoms with Crippen molar-refractivity contribution in [3.8, 4) is 0 Å². The maximum atomic E-state index is 2.19. The van der Waals surface area contributed by atoms with Crippen LogP contribution < -0.4 is 4.57 Å². The molecule has 2 rings (SSSR count). The van der Waals surface area contributed by atoms with Crippen LogP contribution in [0.15, 0.2) is 16.3 Å². The molecule has 9 heavy (non-hydrogen) atoms. The Morgan fingerprint density at radius 1 is 1.56 bits per heavy atom. The molecule has 0 atom stereocenters. The predicted molar refractivity (Wildman–Crippen MR) is 41.1 cm³/mol. The minimum atomic E-state index is 1.12. The van der Waals surface area contributed by atoms with E-state index in [-0.39, 0.29) is 0 Å². The van der Waals surface area contributed by atoms with Gasteiger partial charge in [-0.15, -0.1) is 11.8 Å². The van der Waals surface area contributed by atoms with E-state index in [1.54, 1.807) is 11.3 Å². The summed E-state index contributed by atoms with van der Waals surface area (Å²) in [6.07, 6.45) is 2.10. The van der Waals surface area contributed by atoms with Gasteiger partial charge in [-0.25, -0.2) is 0 Å². The van der Waals surface area contributed by atoms with Crippen LogP contribution in [0.3, 0.4) is 0 Å². The van der Waals surface area contributed by atoms with Gasteiger partial charge in [0.2, 0.25) is 11.2 Å². The Balaban J connectivity index is 2.53. The maximum Gasteiger partial charge on any atom is 0.230 e. The fraction of sp³-hybridized carbons (Fsp3) is 0.167. The number of hydrogen-bond acceptors (Lipinski definition) is 2. The molecule has 1 aromatic heterocycles. The molecular weight excluding hydrogens is 150 g/mol. The van der Waals surface area contributed by atoms with Crippen molar-refractivity contribution in [2.45, 2.75) is 5.75 Å². The lowest BCUT2D eigenvalue weighted by molar-refractivity contribution is -0.570. The van der Waals surface area contributed by atoms with Crippen molar-refractivity contribution in [3.05, 3.63) is 22.0 Å². The minimum absolute atomic E-state index is 1.12. The van der Waals surface area contributed by atoms with Gasteiger partial charge in [0.1, 0.15) is 0 Å². The fourth-order valence-corrected chi connectivity index (χ4v) is 2.37. The summed E-state index contributed by atoms with van der Waals surface area (Å²) in [5, 5.41) is 4.32. The zero-order chi connectivity index (χ0) is 6.10. The number of rotatable bonds is 0. The van der Waals surface area contributed by atoms with E-state index in [0.717, 1.165) is 5.75 Å². The highest BCUT2D eigenvalue weighted by Gasteiger charge is 2.11. The molecule has 1 aromatic rings. The second kappa shape index (κ2) is 2.15. The molecule has 0 spiro atoms. The van der Waals surface area contributed by atoms with Gasteiger partial charge in [0.05, 0.1) is 11.1 Å². The lowest BCUT2D eigenvalue weighted by atomic mass is 10.5. The van der Waals surface area contributed by atoms with E-state index in [1.165, 1.54) is 5.69 Å². The topological polar surface area (TPSA) is 3.88 Å². The summed E-state index contributed by atoms with van der Waals surface area (Å²) in [7, 11) is 0. The quantitative estimate of drug-likeness (QED) is 0.517. The molecule has 3 heteroatoms. The molecular formula is C6H6NS2+. The summed E-state index contributed by atoms with van der Waals surface area (Å²) in [5.74, 6) is 1.12. The van der Waals surface area contributed by atoms with Crippen molar-refractivity contribution < 1.29 is 4.57 Å². The highest BCUT2D eigenvalue weighted by Crippen LogP contribution is 2.15. The Bertz CT molecular complexity index is 239. The molecule has 0 saturated heterocycles. The van der Waals surface area contributed by atoms with Crippen molar-refractivity contribution in [1.82, 2.24) is 0 Å². The van der Waals surface area contributed by atoms with E-state index in [2.05, 4.69) is 27.1 Å². The number of nitrogens with zero attached hydrogens (tertiary/aromatic N) is 1. The third-order valence-corrected chi connectivity index (χ3v) is 2.79. The van der Waals surface area contributed by atoms with E-state index >= 15 is 0 Å². The lowest BCUT2D eigenvalue weighted by Crippen LogP contribution is -2.28. The minimum Gasteiger partial charge on any atom is -0.160 e. The number of fused-ring (bicyclic) bond motifs is 1. The summed E-state index contributed by atoms with van der Waals surface area (Å²) in [5.41, 5.74) is 3.53. The zero-order valence-electron chi connectivity index (χ0n) is 4.78. The maximum absolute atomic E-state index is 2.19. The van der Waals surface area contributed by atoms with Crippen LogP contribution in [0.1, 0.15) is 5.69 Å². The first-order valence-corrected chi connectivity index (χ1v) is 4.70. The molecule has 0 aromatic carbocycles. The monoisotopic (exact) mass is 156 g/mol. The van der Waals surface area contributed by atoms with Gasteiger partial charge in [0.25, 0.3) is 0 Å². The van der Waals surface area contributed by atoms with E-state index in [9.17, 15) is 0 Å². The van der Waals surface area contributed by atoms with Crippen LogP contribution in [0, 0.1) is 0 Å². The van der Waals surface area contributed by atoms with Crippen molar-refractivity contribution in [3.63, 3.8) is 0 Å². The molecule has 2 heterocycles. The smallest absolute Gasteiger partial charge is 0.160 e. The Hall–Kier alpha value is -0.280. The Morgan fingerprint density at radius 2 is 2.56 bits per heavy atom. The summed E-state index contributed by atoms with van der Waals surface area (Å²) in [6.45, 7) is 0. The van der Waals surface area contributed by atoms with Crippen molar-refractivity contribution >= 4 is 29.3 Å². The first kappa shape index (κ1) is 5.50. The highest BCUT2D eigenvalue weighted by molar-refractivity contribution is 8.01. The second-order valence-corrected chi connectivity index (χ2v) is 3.47. The van der Waals surface area contributed by atoms with E-state index in [1.807, 2.05) is 11.8 Å². The van der Waals surface area contributed by atoms with Crippen molar-refractivity contribution in [1.29, 1.82) is 0 Å². The van der Waals surface area contributed by atoms with Gasteiger partial charge < -0.3 is 0 Å². The van der Waals surface area contributed by atoms with Crippen molar-refractivity contribution in [2.75, 3.05) is 0 Å². The van der Waals surface area contributed by atoms with Crippen LogP contribution in [-0.2, 0) is 5.75 Å². The molecule has 0 N–H and O–H groups in total. The largest absolute Gasteiger partial charge is 0.230 e. The van der Waals surface area contributed by atoms with E-state index < -0.39 is 0 Å². The number of thioether (sulfide) groups is 1. The third-order valence-electron chi connectivity index (χ3n) is 1.26. The summed E-state index contributed by atoms with van der Waals surface area (Å²) in [4.78, 5) is 0. The molecule has 0 saturated carbocycles. The van der Waals surface area contributed by atoms with E-state index in [4.69, 9.17) is 0 Å². The Labute approximate surface area is 62.0 Å². The van der Waals surface area contributed by atoms with Gasteiger partial charge in [0, 0.05) is 5.41 Å². The molecule has 0 aliphatic carbocycles. The van der Waals surface area contributed by atoms with Gasteiger partial charge in [-0.1, -0.05) is 11.3 Å². The number of thiazole rings is 1. The van der Waals surface area contributed by atoms with Gasteiger partial charge in [0.15, 0.2) is 6.20 Å². The molecule has 1 aliphatic rings. The first-order chi connectivity index (χ1) is 4.47. The summed E-state index contributed by atoms with van der Waals surface area (Å²) < 4.78 is 2.17. The molecule has 1 aliphatic heterocycles. The molecule has 0 fully saturated rings. The number of aromatic nitrogens is 1. The molecule has 46 valence electrons. The van der Waals surface area contributed by atoms with Gasteiger partial charge in [-0.2, -0.15) is 4.57 Å². The molecule has 0 unspecified atom stereocenters. The molecule has 1 nitrogen and oxygen atoms in total. The highest BCUT2D eigenvalue weighted by atomic mass is 32.2. The van der Waals surface area contributed by atoms with Crippen LogP contribution >= 0.6 is 23.1 Å². The standard InChI is InChI=1S/C6H6NS2/c1-2-8-3-6-4-9-5-7(1)6/h1-2,4-5H,3H2/q+1. The average molecular weight is 156 g/mol. The first-order valence-electron chi connectivity index (χ1n) is 2.71. The summed E-state index contributed by atoms with van der Waals surface area (Å²) >= 11 is 3.60. The van der Waals surface area contributed by atoms with Crippen LogP contribution in [0.2, 0.25) is 0 Å². The third kappa shape index (κ3) is 0.904. The molecule has 0 amide bonds. The second-order valence-electron chi connectivity index (χ2n) is 1.85. The van der Waals surface area contributed by atoms with Crippen LogP contribution in [0.5, 0.6) is 0 Å². The average Bonchev–Trinajstić information content (AvgIpc) is 2.33. The predicted octanol–water partition coefficient (Wildman–Crippen LogP) is 1.71. The number of hydrogen-bond donors (Lipinski definition) is 0. The normalized spacial score (nSPS) is 15.6. The van der Waals surface area contributed by atoms with Crippen LogP contribution in [0.4, 0.5) is 0 Å². The lowest BCUT2D eigenvalue weighted by Gasteiger charge is -1.94. The SMILES string of the molecule is C1=C[n+]2cscc2CS1. The molecule has 0 bridgehead atoms. The molecule has 0 radical (unpaired) electrons. The van der Waals surface area contributed by atoms with Gasteiger partial charge in [-0.05, 0) is 0 Å². The van der Waals surface area contributed by atoms with E-state index in [0.29, 0.717) is 0 Å². The van der Waals surface area contributed by atoms with Crippen LogP contribution in [-0.4, -0.2) is 0 Å².